The van der Waals surface area contributed by atoms with Gasteiger partial charge < -0.3 is 5.32 Å². The molecule has 0 aromatic heterocycles. The summed E-state index contributed by atoms with van der Waals surface area (Å²) in [5.41, 5.74) is 1.58. The zero-order valence-corrected chi connectivity index (χ0v) is 12.5. The van der Waals surface area contributed by atoms with Gasteiger partial charge in [0.05, 0.1) is 0 Å². The number of hydrogen-bond donors (Lipinski definition) is 1. The molecule has 0 fully saturated rings. The SMILES string of the molecule is C#Cc1cccc(NC(=O)CCCCCCCCC)c1. The molecule has 0 radical (unpaired) electrons. The number of hydrogen-bond acceptors (Lipinski definition) is 1. The molecule has 1 aromatic carbocycles. The molecular formula is C18H25NO. The van der Waals surface area contributed by atoms with Crippen molar-refractivity contribution in [3.05, 3.63) is 29.8 Å². The molecule has 0 saturated carbocycles. The van der Waals surface area contributed by atoms with Crippen LogP contribution in [0.4, 0.5) is 5.69 Å². The molecule has 0 unspecified atom stereocenters. The third kappa shape index (κ3) is 6.99. The Morgan fingerprint density at radius 2 is 1.85 bits per heavy atom. The Morgan fingerprint density at radius 3 is 2.55 bits per heavy atom. The summed E-state index contributed by atoms with van der Waals surface area (Å²) in [7, 11) is 0. The van der Waals surface area contributed by atoms with Gasteiger partial charge in [-0.25, -0.2) is 0 Å². The minimum Gasteiger partial charge on any atom is -0.326 e. The first kappa shape index (κ1) is 16.3. The molecule has 0 bridgehead atoms. The average Bonchev–Trinajstić information content (AvgIpc) is 2.46. The highest BCUT2D eigenvalue weighted by Gasteiger charge is 2.02. The maximum atomic E-state index is 11.8. The van der Waals surface area contributed by atoms with Gasteiger partial charge >= 0.3 is 0 Å². The number of benzene rings is 1. The van der Waals surface area contributed by atoms with E-state index < -0.39 is 0 Å². The minimum absolute atomic E-state index is 0.0766. The minimum atomic E-state index is 0.0766. The van der Waals surface area contributed by atoms with E-state index in [0.29, 0.717) is 6.42 Å². The number of unbranched alkanes of at least 4 members (excludes halogenated alkanes) is 6. The highest BCUT2D eigenvalue weighted by atomic mass is 16.1. The zero-order valence-electron chi connectivity index (χ0n) is 12.5. The van der Waals surface area contributed by atoms with E-state index in [2.05, 4.69) is 18.2 Å². The normalized spacial score (nSPS) is 10.0. The summed E-state index contributed by atoms with van der Waals surface area (Å²) < 4.78 is 0. The lowest BCUT2D eigenvalue weighted by atomic mass is 10.1. The van der Waals surface area contributed by atoms with Crippen LogP contribution < -0.4 is 5.32 Å². The first-order valence-corrected chi connectivity index (χ1v) is 7.62. The van der Waals surface area contributed by atoms with Gasteiger partial charge in [-0.2, -0.15) is 0 Å². The van der Waals surface area contributed by atoms with Crippen molar-refractivity contribution in [3.63, 3.8) is 0 Å². The van der Waals surface area contributed by atoms with E-state index in [1.54, 1.807) is 0 Å². The monoisotopic (exact) mass is 271 g/mol. The van der Waals surface area contributed by atoms with Gasteiger partial charge in [0.2, 0.25) is 5.91 Å². The van der Waals surface area contributed by atoms with Crippen molar-refractivity contribution in [1.82, 2.24) is 0 Å². The molecule has 1 amide bonds. The highest BCUT2D eigenvalue weighted by molar-refractivity contribution is 5.90. The largest absolute Gasteiger partial charge is 0.326 e. The van der Waals surface area contributed by atoms with Crippen LogP contribution in [0.1, 0.15) is 63.9 Å². The number of carbonyl (C=O) groups excluding carboxylic acids is 1. The highest BCUT2D eigenvalue weighted by Crippen LogP contribution is 2.12. The number of amides is 1. The summed E-state index contributed by atoms with van der Waals surface area (Å²) in [5, 5.41) is 2.89. The Kier molecular flexibility index (Phi) is 8.22. The number of nitrogens with one attached hydrogen (secondary N) is 1. The van der Waals surface area contributed by atoms with Crippen LogP contribution in [-0.2, 0) is 4.79 Å². The summed E-state index contributed by atoms with van der Waals surface area (Å²) in [4.78, 5) is 11.8. The first-order chi connectivity index (χ1) is 9.76. The average molecular weight is 271 g/mol. The molecule has 0 heterocycles. The molecule has 108 valence electrons. The Labute approximate surface area is 123 Å². The fourth-order valence-corrected chi connectivity index (χ4v) is 2.15. The lowest BCUT2D eigenvalue weighted by Gasteiger charge is -2.05. The second-order valence-electron chi connectivity index (χ2n) is 5.14. The molecule has 0 spiro atoms. The molecule has 1 rings (SSSR count). The molecule has 0 saturated heterocycles. The van der Waals surface area contributed by atoms with E-state index in [9.17, 15) is 4.79 Å². The summed E-state index contributed by atoms with van der Waals surface area (Å²) in [5.74, 6) is 2.64. The fraction of sp³-hybridized carbons (Fsp3) is 0.500. The van der Waals surface area contributed by atoms with E-state index in [-0.39, 0.29) is 5.91 Å². The smallest absolute Gasteiger partial charge is 0.224 e. The molecule has 1 aromatic rings. The van der Waals surface area contributed by atoms with Gasteiger partial charge in [-0.15, -0.1) is 6.42 Å². The Morgan fingerprint density at radius 1 is 1.15 bits per heavy atom. The Bertz CT molecular complexity index is 445. The van der Waals surface area contributed by atoms with Crippen molar-refractivity contribution in [2.45, 2.75) is 58.3 Å². The number of rotatable bonds is 9. The number of terminal acetylenes is 1. The lowest BCUT2D eigenvalue weighted by Crippen LogP contribution is -2.11. The fourth-order valence-electron chi connectivity index (χ4n) is 2.15. The van der Waals surface area contributed by atoms with Crippen LogP contribution in [0, 0.1) is 12.3 Å². The molecule has 2 heteroatoms. The van der Waals surface area contributed by atoms with Crippen molar-refractivity contribution in [2.24, 2.45) is 0 Å². The molecule has 0 atom stereocenters. The first-order valence-electron chi connectivity index (χ1n) is 7.62. The van der Waals surface area contributed by atoms with Gasteiger partial charge in [-0.1, -0.05) is 57.4 Å². The van der Waals surface area contributed by atoms with E-state index >= 15 is 0 Å². The standard InChI is InChI=1S/C18H25NO/c1-3-5-6-7-8-9-10-14-18(20)19-17-13-11-12-16(4-2)15-17/h2,11-13,15H,3,5-10,14H2,1H3,(H,19,20). The van der Waals surface area contributed by atoms with Crippen LogP contribution in [0.5, 0.6) is 0 Å². The third-order valence-corrected chi connectivity index (χ3v) is 3.32. The van der Waals surface area contributed by atoms with Crippen molar-refractivity contribution < 1.29 is 4.79 Å². The molecule has 0 aliphatic rings. The molecule has 0 aliphatic carbocycles. The maximum Gasteiger partial charge on any atom is 0.224 e. The van der Waals surface area contributed by atoms with Crippen molar-refractivity contribution in [1.29, 1.82) is 0 Å². The van der Waals surface area contributed by atoms with E-state index in [1.165, 1.54) is 32.1 Å². The van der Waals surface area contributed by atoms with Crippen molar-refractivity contribution in [2.75, 3.05) is 5.32 Å². The van der Waals surface area contributed by atoms with Gasteiger partial charge in [-0.05, 0) is 24.6 Å². The molecular weight excluding hydrogens is 246 g/mol. The maximum absolute atomic E-state index is 11.8. The molecule has 2 nitrogen and oxygen atoms in total. The predicted molar refractivity (Wildman–Crippen MR) is 85.6 cm³/mol. The van der Waals surface area contributed by atoms with Gasteiger partial charge in [0.1, 0.15) is 0 Å². The summed E-state index contributed by atoms with van der Waals surface area (Å²) in [6.07, 6.45) is 14.5. The van der Waals surface area contributed by atoms with Crippen LogP contribution in [0.15, 0.2) is 24.3 Å². The summed E-state index contributed by atoms with van der Waals surface area (Å²) in [6, 6.07) is 7.40. The lowest BCUT2D eigenvalue weighted by molar-refractivity contribution is -0.116. The van der Waals surface area contributed by atoms with E-state index in [0.717, 1.165) is 24.1 Å². The van der Waals surface area contributed by atoms with Crippen LogP contribution in [0.25, 0.3) is 0 Å². The van der Waals surface area contributed by atoms with Crippen molar-refractivity contribution >= 4 is 11.6 Å². The van der Waals surface area contributed by atoms with Crippen LogP contribution in [0.3, 0.4) is 0 Å². The summed E-state index contributed by atoms with van der Waals surface area (Å²) in [6.45, 7) is 2.22. The number of anilines is 1. The van der Waals surface area contributed by atoms with Crippen LogP contribution in [-0.4, -0.2) is 5.91 Å². The molecule has 20 heavy (non-hydrogen) atoms. The van der Waals surface area contributed by atoms with E-state index in [1.807, 2.05) is 24.3 Å². The van der Waals surface area contributed by atoms with Crippen molar-refractivity contribution in [3.8, 4) is 12.3 Å². The Balaban J connectivity index is 2.15. The second-order valence-corrected chi connectivity index (χ2v) is 5.14. The molecule has 1 N–H and O–H groups in total. The van der Waals surface area contributed by atoms with Gasteiger partial charge in [0, 0.05) is 17.7 Å². The van der Waals surface area contributed by atoms with Gasteiger partial charge in [-0.3, -0.25) is 4.79 Å². The Hall–Kier alpha value is -1.75. The second kappa shape index (κ2) is 10.1. The molecule has 0 aliphatic heterocycles. The number of carbonyl (C=O) groups is 1. The summed E-state index contributed by atoms with van der Waals surface area (Å²) >= 11 is 0. The van der Waals surface area contributed by atoms with Gasteiger partial charge in [0.25, 0.3) is 0 Å². The van der Waals surface area contributed by atoms with Crippen LogP contribution >= 0.6 is 0 Å². The van der Waals surface area contributed by atoms with Gasteiger partial charge in [0.15, 0.2) is 0 Å². The third-order valence-electron chi connectivity index (χ3n) is 3.32. The van der Waals surface area contributed by atoms with E-state index in [4.69, 9.17) is 6.42 Å². The quantitative estimate of drug-likeness (QED) is 0.510. The zero-order chi connectivity index (χ0) is 14.6. The van der Waals surface area contributed by atoms with Crippen LogP contribution in [0.2, 0.25) is 0 Å². The topological polar surface area (TPSA) is 29.1 Å². The predicted octanol–water partition coefficient (Wildman–Crippen LogP) is 4.75.